The molecule has 0 unspecified atom stereocenters. The molecule has 1 aliphatic rings. The molecule has 1 aromatic rings. The topological polar surface area (TPSA) is 59.0 Å². The highest BCUT2D eigenvalue weighted by atomic mass is 16.1. The van der Waals surface area contributed by atoms with Crippen LogP contribution in [0.4, 0.5) is 0 Å². The van der Waals surface area contributed by atoms with E-state index in [1.807, 2.05) is 6.92 Å². The number of amides is 1. The molecule has 0 spiro atoms. The summed E-state index contributed by atoms with van der Waals surface area (Å²) in [6.07, 6.45) is 7.76. The first kappa shape index (κ1) is 14.1. The molecule has 106 valence electrons. The highest BCUT2D eigenvalue weighted by molar-refractivity contribution is 5.75. The van der Waals surface area contributed by atoms with Crippen LogP contribution in [0.25, 0.3) is 0 Å². The molecular weight excluding hydrogens is 240 g/mol. The normalized spacial score (nSPS) is 15.8. The van der Waals surface area contributed by atoms with Crippen LogP contribution in [0.3, 0.4) is 0 Å². The summed E-state index contributed by atoms with van der Waals surface area (Å²) >= 11 is 0. The molecule has 0 aliphatic heterocycles. The number of rotatable bonds is 7. The Balaban J connectivity index is 1.67. The Hall–Kier alpha value is -1.36. The molecule has 0 aromatic carbocycles. The van der Waals surface area contributed by atoms with Crippen LogP contribution in [0, 0.1) is 0 Å². The Morgan fingerprint density at radius 1 is 1.47 bits per heavy atom. The highest BCUT2D eigenvalue weighted by Gasteiger charge is 2.17. The fourth-order valence-electron chi connectivity index (χ4n) is 2.55. The second-order valence-corrected chi connectivity index (χ2v) is 5.11. The van der Waals surface area contributed by atoms with Gasteiger partial charge in [0.05, 0.1) is 11.7 Å². The second kappa shape index (κ2) is 7.28. The number of hydrogen-bond acceptors (Lipinski definition) is 3. The van der Waals surface area contributed by atoms with Gasteiger partial charge < -0.3 is 10.6 Å². The van der Waals surface area contributed by atoms with E-state index in [2.05, 4.69) is 32.7 Å². The predicted octanol–water partition coefficient (Wildman–Crippen LogP) is 1.61. The first-order valence-electron chi connectivity index (χ1n) is 7.31. The molecule has 1 aliphatic carbocycles. The van der Waals surface area contributed by atoms with Gasteiger partial charge in [-0.25, -0.2) is 0 Å². The molecule has 0 atom stereocenters. The van der Waals surface area contributed by atoms with Gasteiger partial charge in [-0.15, -0.1) is 0 Å². The molecule has 0 bridgehead atoms. The van der Waals surface area contributed by atoms with Crippen molar-refractivity contribution in [1.29, 1.82) is 0 Å². The number of hydrogen-bond donors (Lipinski definition) is 2. The van der Waals surface area contributed by atoms with Crippen LogP contribution < -0.4 is 10.6 Å². The smallest absolute Gasteiger partial charge is 0.221 e. The average Bonchev–Trinajstić information content (AvgIpc) is 3.05. The third-order valence-corrected chi connectivity index (χ3v) is 3.57. The Kier molecular flexibility index (Phi) is 5.39. The zero-order valence-electron chi connectivity index (χ0n) is 11.7. The maximum Gasteiger partial charge on any atom is 0.221 e. The summed E-state index contributed by atoms with van der Waals surface area (Å²) in [5.74, 6) is 0.103. The number of aromatic nitrogens is 2. The molecule has 1 heterocycles. The predicted molar refractivity (Wildman–Crippen MR) is 74.7 cm³/mol. The van der Waals surface area contributed by atoms with E-state index < -0.39 is 0 Å². The third kappa shape index (κ3) is 4.35. The van der Waals surface area contributed by atoms with Gasteiger partial charge in [-0.1, -0.05) is 12.8 Å². The lowest BCUT2D eigenvalue weighted by Gasteiger charge is -2.09. The first-order chi connectivity index (χ1) is 9.29. The van der Waals surface area contributed by atoms with Crippen LogP contribution in [-0.4, -0.2) is 28.8 Å². The molecule has 1 fully saturated rings. The second-order valence-electron chi connectivity index (χ2n) is 5.11. The largest absolute Gasteiger partial charge is 0.356 e. The van der Waals surface area contributed by atoms with Gasteiger partial charge in [0.25, 0.3) is 0 Å². The standard InChI is InChI=1S/C14H24N4O/c1-2-16-14(19)7-9-15-11-12-8-10-18(17-12)13-5-3-4-6-13/h8,10,13,15H,2-7,9,11H2,1H3,(H,16,19). The van der Waals surface area contributed by atoms with Crippen molar-refractivity contribution in [3.8, 4) is 0 Å². The van der Waals surface area contributed by atoms with Crippen LogP contribution in [0.15, 0.2) is 12.3 Å². The molecular formula is C14H24N4O. The summed E-state index contributed by atoms with van der Waals surface area (Å²) in [5.41, 5.74) is 1.06. The number of nitrogens with one attached hydrogen (secondary N) is 2. The fourth-order valence-corrected chi connectivity index (χ4v) is 2.55. The van der Waals surface area contributed by atoms with E-state index in [0.717, 1.165) is 12.2 Å². The minimum atomic E-state index is 0.103. The minimum Gasteiger partial charge on any atom is -0.356 e. The summed E-state index contributed by atoms with van der Waals surface area (Å²) in [5, 5.41) is 10.6. The van der Waals surface area contributed by atoms with Crippen LogP contribution >= 0.6 is 0 Å². The van der Waals surface area contributed by atoms with Crippen LogP contribution in [-0.2, 0) is 11.3 Å². The van der Waals surface area contributed by atoms with E-state index in [-0.39, 0.29) is 5.91 Å². The Morgan fingerprint density at radius 2 is 2.26 bits per heavy atom. The van der Waals surface area contributed by atoms with Gasteiger partial charge in [-0.05, 0) is 25.8 Å². The van der Waals surface area contributed by atoms with Crippen LogP contribution in [0.5, 0.6) is 0 Å². The molecule has 1 aromatic heterocycles. The number of nitrogens with zero attached hydrogens (tertiary/aromatic N) is 2. The molecule has 5 nitrogen and oxygen atoms in total. The van der Waals surface area contributed by atoms with Crippen molar-refractivity contribution in [2.45, 2.75) is 51.6 Å². The third-order valence-electron chi connectivity index (χ3n) is 3.57. The van der Waals surface area contributed by atoms with Gasteiger partial charge in [0.2, 0.25) is 5.91 Å². The zero-order valence-corrected chi connectivity index (χ0v) is 11.7. The van der Waals surface area contributed by atoms with Crippen molar-refractivity contribution < 1.29 is 4.79 Å². The molecule has 1 amide bonds. The van der Waals surface area contributed by atoms with Crippen molar-refractivity contribution in [2.24, 2.45) is 0 Å². The Bertz CT molecular complexity index is 396. The molecule has 0 saturated heterocycles. The maximum atomic E-state index is 11.3. The van der Waals surface area contributed by atoms with Gasteiger partial charge in [0.15, 0.2) is 0 Å². The lowest BCUT2D eigenvalue weighted by Crippen LogP contribution is -2.27. The molecule has 0 radical (unpaired) electrons. The lowest BCUT2D eigenvalue weighted by atomic mass is 10.3. The molecule has 2 N–H and O–H groups in total. The van der Waals surface area contributed by atoms with Crippen molar-refractivity contribution >= 4 is 5.91 Å². The van der Waals surface area contributed by atoms with E-state index >= 15 is 0 Å². The van der Waals surface area contributed by atoms with Gasteiger partial charge in [0.1, 0.15) is 0 Å². The maximum absolute atomic E-state index is 11.3. The molecule has 1 saturated carbocycles. The average molecular weight is 264 g/mol. The van der Waals surface area contributed by atoms with E-state index in [1.54, 1.807) is 0 Å². The first-order valence-corrected chi connectivity index (χ1v) is 7.31. The van der Waals surface area contributed by atoms with Gasteiger partial charge in [-0.3, -0.25) is 9.48 Å². The number of carbonyl (C=O) groups is 1. The minimum absolute atomic E-state index is 0.103. The van der Waals surface area contributed by atoms with Gasteiger partial charge in [0, 0.05) is 32.3 Å². The van der Waals surface area contributed by atoms with E-state index in [0.29, 0.717) is 25.6 Å². The molecule has 2 rings (SSSR count). The Morgan fingerprint density at radius 3 is 3.00 bits per heavy atom. The SMILES string of the molecule is CCNC(=O)CCNCc1ccn(C2CCCC2)n1. The molecule has 19 heavy (non-hydrogen) atoms. The summed E-state index contributed by atoms with van der Waals surface area (Å²) in [7, 11) is 0. The van der Waals surface area contributed by atoms with Crippen LogP contribution in [0.2, 0.25) is 0 Å². The quantitative estimate of drug-likeness (QED) is 0.736. The van der Waals surface area contributed by atoms with Crippen LogP contribution in [0.1, 0.15) is 50.8 Å². The summed E-state index contributed by atoms with van der Waals surface area (Å²) in [6, 6.07) is 2.67. The van der Waals surface area contributed by atoms with Crippen molar-refractivity contribution in [3.63, 3.8) is 0 Å². The fraction of sp³-hybridized carbons (Fsp3) is 0.714. The van der Waals surface area contributed by atoms with E-state index in [1.165, 1.54) is 25.7 Å². The van der Waals surface area contributed by atoms with Gasteiger partial charge >= 0.3 is 0 Å². The monoisotopic (exact) mass is 264 g/mol. The van der Waals surface area contributed by atoms with Crippen molar-refractivity contribution in [1.82, 2.24) is 20.4 Å². The highest BCUT2D eigenvalue weighted by Crippen LogP contribution is 2.28. The molecule has 5 heteroatoms. The summed E-state index contributed by atoms with van der Waals surface area (Å²) in [6.45, 7) is 4.06. The van der Waals surface area contributed by atoms with E-state index in [9.17, 15) is 4.79 Å². The van der Waals surface area contributed by atoms with E-state index in [4.69, 9.17) is 0 Å². The summed E-state index contributed by atoms with van der Waals surface area (Å²) < 4.78 is 2.10. The number of carbonyl (C=O) groups excluding carboxylic acids is 1. The zero-order chi connectivity index (χ0) is 13.5. The Labute approximate surface area is 114 Å². The summed E-state index contributed by atoms with van der Waals surface area (Å²) in [4.78, 5) is 11.3. The van der Waals surface area contributed by atoms with Crippen molar-refractivity contribution in [3.05, 3.63) is 18.0 Å². The lowest BCUT2D eigenvalue weighted by molar-refractivity contribution is -0.120. The van der Waals surface area contributed by atoms with Crippen molar-refractivity contribution in [2.75, 3.05) is 13.1 Å². The van der Waals surface area contributed by atoms with Gasteiger partial charge in [-0.2, -0.15) is 5.10 Å².